The lowest BCUT2D eigenvalue weighted by Crippen LogP contribution is -1.85. The van der Waals surface area contributed by atoms with Gasteiger partial charge >= 0.3 is 0 Å². The number of rotatable bonds is 3. The van der Waals surface area contributed by atoms with Crippen molar-refractivity contribution in [2.45, 2.75) is 19.9 Å². The van der Waals surface area contributed by atoms with Crippen LogP contribution < -0.4 is 4.74 Å². The Labute approximate surface area is 84.9 Å². The van der Waals surface area contributed by atoms with E-state index < -0.39 is 0 Å². The summed E-state index contributed by atoms with van der Waals surface area (Å²) >= 11 is 0. The van der Waals surface area contributed by atoms with Crippen LogP contribution in [0.5, 0.6) is 5.75 Å². The molecular formula is C12H15NO. The van der Waals surface area contributed by atoms with Crippen molar-refractivity contribution in [1.82, 2.24) is 0 Å². The Morgan fingerprint density at radius 3 is 2.43 bits per heavy atom. The van der Waals surface area contributed by atoms with E-state index in [1.165, 1.54) is 0 Å². The predicted octanol–water partition coefficient (Wildman–Crippen LogP) is 2.79. The first kappa shape index (κ1) is 10.6. The van der Waals surface area contributed by atoms with Crippen molar-refractivity contribution in [3.05, 3.63) is 29.8 Å². The van der Waals surface area contributed by atoms with Crippen LogP contribution in [0.2, 0.25) is 0 Å². The van der Waals surface area contributed by atoms with Crippen LogP contribution in [-0.4, -0.2) is 19.0 Å². The third-order valence-electron chi connectivity index (χ3n) is 1.68. The van der Waals surface area contributed by atoms with Gasteiger partial charge in [-0.15, -0.1) is 0 Å². The predicted molar refractivity (Wildman–Crippen MR) is 60.0 cm³/mol. The Morgan fingerprint density at radius 2 is 1.93 bits per heavy atom. The second kappa shape index (κ2) is 5.25. The molecule has 1 aromatic rings. The van der Waals surface area contributed by atoms with Crippen LogP contribution in [0.15, 0.2) is 29.3 Å². The van der Waals surface area contributed by atoms with Crippen molar-refractivity contribution in [2.24, 2.45) is 4.99 Å². The highest BCUT2D eigenvalue weighted by atomic mass is 16.5. The molecule has 1 aromatic carbocycles. The number of methoxy groups -OCH3 is 1. The molecule has 0 N–H and O–H groups in total. The third-order valence-corrected chi connectivity index (χ3v) is 1.68. The molecule has 14 heavy (non-hydrogen) atoms. The topological polar surface area (TPSA) is 21.6 Å². The molecule has 0 heterocycles. The average Bonchev–Trinajstić information content (AvgIpc) is 2.18. The molecule has 74 valence electrons. The minimum Gasteiger partial charge on any atom is -0.497 e. The van der Waals surface area contributed by atoms with E-state index in [1.54, 1.807) is 7.11 Å². The van der Waals surface area contributed by atoms with E-state index in [2.05, 4.69) is 10.9 Å². The Morgan fingerprint density at radius 1 is 1.29 bits per heavy atom. The standard InChI is InChI=1S/C12H15NO/c1-10(2)13-9-8-11-4-6-12(14-3)7-5-11/h4-8,10H,1-3H3. The summed E-state index contributed by atoms with van der Waals surface area (Å²) in [5, 5.41) is 0. The minimum atomic E-state index is 0.296. The SMILES string of the molecule is COc1ccc(C=C=NC(C)C)cc1. The average molecular weight is 189 g/mol. The van der Waals surface area contributed by atoms with Crippen LogP contribution in [0, 0.1) is 0 Å². The molecular weight excluding hydrogens is 174 g/mol. The molecule has 0 amide bonds. The molecule has 2 nitrogen and oxygen atoms in total. The number of hydrogen-bond donors (Lipinski definition) is 0. The molecule has 0 spiro atoms. The van der Waals surface area contributed by atoms with Gasteiger partial charge in [-0.2, -0.15) is 0 Å². The van der Waals surface area contributed by atoms with Gasteiger partial charge in [0, 0.05) is 6.08 Å². The van der Waals surface area contributed by atoms with Gasteiger partial charge in [-0.05, 0) is 37.4 Å². The molecule has 0 unspecified atom stereocenters. The summed E-state index contributed by atoms with van der Waals surface area (Å²) < 4.78 is 5.05. The molecule has 2 heteroatoms. The number of hydrogen-bond acceptors (Lipinski definition) is 2. The molecule has 0 bridgehead atoms. The van der Waals surface area contributed by atoms with Gasteiger partial charge in [0.05, 0.1) is 13.2 Å². The minimum absolute atomic E-state index is 0.296. The Hall–Kier alpha value is -1.53. The second-order valence-electron chi connectivity index (χ2n) is 3.27. The smallest absolute Gasteiger partial charge is 0.118 e. The summed E-state index contributed by atoms with van der Waals surface area (Å²) in [6.45, 7) is 4.05. The first-order valence-corrected chi connectivity index (χ1v) is 4.65. The molecule has 0 aliphatic rings. The molecule has 0 aliphatic carbocycles. The zero-order valence-corrected chi connectivity index (χ0v) is 8.82. The fourth-order valence-corrected chi connectivity index (χ4v) is 0.961. The van der Waals surface area contributed by atoms with Crippen LogP contribution in [-0.2, 0) is 0 Å². The van der Waals surface area contributed by atoms with E-state index in [4.69, 9.17) is 4.74 Å². The normalized spacial score (nSPS) is 9.43. The van der Waals surface area contributed by atoms with Gasteiger partial charge in [-0.3, -0.25) is 0 Å². The van der Waals surface area contributed by atoms with Gasteiger partial charge in [0.15, 0.2) is 0 Å². The van der Waals surface area contributed by atoms with Crippen molar-refractivity contribution < 1.29 is 4.74 Å². The van der Waals surface area contributed by atoms with E-state index in [0.29, 0.717) is 6.04 Å². The van der Waals surface area contributed by atoms with Crippen LogP contribution in [0.3, 0.4) is 0 Å². The summed E-state index contributed by atoms with van der Waals surface area (Å²) in [5.74, 6) is 3.76. The maximum atomic E-state index is 5.05. The van der Waals surface area contributed by atoms with Crippen LogP contribution in [0.25, 0.3) is 6.08 Å². The van der Waals surface area contributed by atoms with Crippen molar-refractivity contribution in [1.29, 1.82) is 0 Å². The fraction of sp³-hybridized carbons (Fsp3) is 0.333. The summed E-state index contributed by atoms with van der Waals surface area (Å²) in [6.07, 6.45) is 1.86. The van der Waals surface area contributed by atoms with Crippen LogP contribution in [0.1, 0.15) is 19.4 Å². The molecule has 0 saturated carbocycles. The summed E-state index contributed by atoms with van der Waals surface area (Å²) in [7, 11) is 1.66. The highest BCUT2D eigenvalue weighted by Crippen LogP contribution is 2.11. The quantitative estimate of drug-likeness (QED) is 0.670. The summed E-state index contributed by atoms with van der Waals surface area (Å²) in [4.78, 5) is 4.13. The molecule has 0 saturated heterocycles. The summed E-state index contributed by atoms with van der Waals surface area (Å²) in [6, 6.07) is 8.08. The third kappa shape index (κ3) is 3.46. The molecule has 0 atom stereocenters. The summed E-state index contributed by atoms with van der Waals surface area (Å²) in [5.41, 5.74) is 1.08. The Kier molecular flexibility index (Phi) is 3.96. The number of nitrogens with zero attached hydrogens (tertiary/aromatic N) is 1. The lowest BCUT2D eigenvalue weighted by atomic mass is 10.2. The molecule has 0 radical (unpaired) electrons. The highest BCUT2D eigenvalue weighted by Gasteiger charge is 1.89. The van der Waals surface area contributed by atoms with Crippen LogP contribution in [0.4, 0.5) is 0 Å². The zero-order chi connectivity index (χ0) is 10.4. The van der Waals surface area contributed by atoms with Gasteiger partial charge in [0.25, 0.3) is 0 Å². The van der Waals surface area contributed by atoms with E-state index in [-0.39, 0.29) is 0 Å². The zero-order valence-electron chi connectivity index (χ0n) is 8.82. The van der Waals surface area contributed by atoms with Crippen LogP contribution >= 0.6 is 0 Å². The second-order valence-corrected chi connectivity index (χ2v) is 3.27. The Balaban J connectivity index is 2.73. The number of aliphatic imine (C=N–C) groups is 1. The first-order valence-electron chi connectivity index (χ1n) is 4.65. The maximum Gasteiger partial charge on any atom is 0.118 e. The Bertz CT molecular complexity index is 332. The van der Waals surface area contributed by atoms with Crippen molar-refractivity contribution in [3.8, 4) is 5.75 Å². The van der Waals surface area contributed by atoms with E-state index >= 15 is 0 Å². The van der Waals surface area contributed by atoms with Crippen molar-refractivity contribution in [3.63, 3.8) is 0 Å². The molecule has 0 aliphatic heterocycles. The maximum absolute atomic E-state index is 5.05. The monoisotopic (exact) mass is 189 g/mol. The van der Waals surface area contributed by atoms with Crippen molar-refractivity contribution >= 4 is 11.9 Å². The fourth-order valence-electron chi connectivity index (χ4n) is 0.961. The van der Waals surface area contributed by atoms with E-state index in [9.17, 15) is 0 Å². The van der Waals surface area contributed by atoms with E-state index in [1.807, 2.05) is 44.2 Å². The van der Waals surface area contributed by atoms with Crippen molar-refractivity contribution in [2.75, 3.05) is 7.11 Å². The lowest BCUT2D eigenvalue weighted by molar-refractivity contribution is 0.415. The van der Waals surface area contributed by atoms with E-state index in [0.717, 1.165) is 11.3 Å². The molecule has 0 fully saturated rings. The lowest BCUT2D eigenvalue weighted by Gasteiger charge is -1.97. The first-order chi connectivity index (χ1) is 6.72. The van der Waals surface area contributed by atoms with Gasteiger partial charge in [-0.25, -0.2) is 4.99 Å². The van der Waals surface area contributed by atoms with Gasteiger partial charge in [0.1, 0.15) is 5.75 Å². The highest BCUT2D eigenvalue weighted by molar-refractivity contribution is 5.77. The van der Waals surface area contributed by atoms with Gasteiger partial charge in [0.2, 0.25) is 0 Å². The van der Waals surface area contributed by atoms with Gasteiger partial charge in [-0.1, -0.05) is 12.1 Å². The largest absolute Gasteiger partial charge is 0.497 e. The molecule has 1 rings (SSSR count). The van der Waals surface area contributed by atoms with Gasteiger partial charge < -0.3 is 4.74 Å². The number of benzene rings is 1. The molecule has 0 aromatic heterocycles. The number of ether oxygens (including phenoxy) is 1.